The molecule has 2 aliphatic heterocycles. The van der Waals surface area contributed by atoms with Gasteiger partial charge in [-0.1, -0.05) is 107 Å². The van der Waals surface area contributed by atoms with E-state index in [1.807, 2.05) is 107 Å². The highest BCUT2D eigenvalue weighted by Gasteiger charge is 2.50. The molecule has 2 heterocycles. The van der Waals surface area contributed by atoms with Gasteiger partial charge in [-0.2, -0.15) is 13.3 Å². The van der Waals surface area contributed by atoms with Gasteiger partial charge < -0.3 is 5.11 Å². The summed E-state index contributed by atoms with van der Waals surface area (Å²) in [5.74, 6) is -1.56. The third kappa shape index (κ3) is 6.25. The van der Waals surface area contributed by atoms with Crippen molar-refractivity contribution in [2.75, 3.05) is 10.8 Å². The lowest BCUT2D eigenvalue weighted by atomic mass is 9.76. The van der Waals surface area contributed by atoms with Crippen molar-refractivity contribution < 1.29 is 37.0 Å². The Morgan fingerprint density at radius 1 is 0.815 bits per heavy atom. The minimum absolute atomic E-state index is 0.0455. The highest BCUT2D eigenvalue weighted by molar-refractivity contribution is 7.86. The number of anilines is 1. The lowest BCUT2D eigenvalue weighted by Crippen LogP contribution is -2.35. The monoisotopic (exact) mass is 746 g/mol. The van der Waals surface area contributed by atoms with Crippen LogP contribution in [0.15, 0.2) is 108 Å². The number of hydroxylamine groups is 1. The average molecular weight is 747 g/mol. The third-order valence-electron chi connectivity index (χ3n) is 10.9. The maximum absolute atomic E-state index is 14.1. The van der Waals surface area contributed by atoms with Crippen molar-refractivity contribution in [3.8, 4) is 0 Å². The fourth-order valence-electron chi connectivity index (χ4n) is 7.96. The van der Waals surface area contributed by atoms with Gasteiger partial charge in [-0.25, -0.2) is 9.86 Å². The molecule has 0 fully saturated rings. The number of unbranched alkanes of at least 4 members (excludes halogenated alkanes) is 3. The fraction of sp³-hybridized carbons (Fsp3) is 0.341. The molecule has 0 saturated heterocycles. The molecule has 0 spiro atoms. The zero-order chi connectivity index (χ0) is 38.6. The molecule has 0 atom stereocenters. The van der Waals surface area contributed by atoms with Gasteiger partial charge >= 0.3 is 5.97 Å². The molecule has 0 bridgehead atoms. The van der Waals surface area contributed by atoms with Gasteiger partial charge in [0.25, 0.3) is 15.8 Å². The predicted octanol–water partition coefficient (Wildman–Crippen LogP) is 8.27. The number of carbonyl (C=O) groups excluding carboxylic acids is 2. The number of hydrogen-bond acceptors (Lipinski definition) is 8. The molecule has 7 rings (SSSR count). The molecule has 0 radical (unpaired) electrons. The van der Waals surface area contributed by atoms with Gasteiger partial charge in [-0.15, -0.1) is 4.28 Å². The summed E-state index contributed by atoms with van der Waals surface area (Å²) in [7, 11) is -4.02. The SMILES string of the molecule is CCCCCC(=O)O[N+]1=C(/C=C2\C(=O)C(/C=C3/N(OS(=O)(=O)CCCC)c4ccc5ccccc5c4C3(C)C)=C2[O-])C(C)(C)c2c1ccc1ccccc21. The summed E-state index contributed by atoms with van der Waals surface area (Å²) in [6.45, 7) is 11.8. The van der Waals surface area contributed by atoms with Crippen molar-refractivity contribution in [2.45, 2.75) is 90.9 Å². The Labute approximate surface area is 316 Å². The Bertz CT molecular complexity index is 2470. The first-order chi connectivity index (χ1) is 25.7. The Hall–Kier alpha value is -5.06. The zero-order valence-electron chi connectivity index (χ0n) is 31.7. The van der Waals surface area contributed by atoms with Gasteiger partial charge in [0.1, 0.15) is 0 Å². The Balaban J connectivity index is 1.34. The lowest BCUT2D eigenvalue weighted by Gasteiger charge is -2.32. The Morgan fingerprint density at radius 3 is 2.09 bits per heavy atom. The second-order valence-corrected chi connectivity index (χ2v) is 17.0. The number of benzene rings is 4. The van der Waals surface area contributed by atoms with Crippen molar-refractivity contribution in [3.63, 3.8) is 0 Å². The molecule has 4 aromatic rings. The molecule has 0 amide bonds. The molecule has 4 aromatic carbocycles. The van der Waals surface area contributed by atoms with E-state index >= 15 is 0 Å². The molecule has 0 aromatic heterocycles. The highest BCUT2D eigenvalue weighted by atomic mass is 32.2. The summed E-state index contributed by atoms with van der Waals surface area (Å²) >= 11 is 0. The number of hydrogen-bond donors (Lipinski definition) is 0. The average Bonchev–Trinajstić information content (AvgIpc) is 3.49. The molecular formula is C44H46N2O7S. The molecule has 3 aliphatic rings. The second-order valence-electron chi connectivity index (χ2n) is 15.4. The molecular weight excluding hydrogens is 701 g/mol. The van der Waals surface area contributed by atoms with Crippen molar-refractivity contribution >= 4 is 60.5 Å². The minimum atomic E-state index is -4.02. The number of Topliss-reactive ketones (excluding diaryl/α,β-unsaturated/α-hetero) is 1. The van der Waals surface area contributed by atoms with Gasteiger partial charge in [-0.05, 0) is 72.0 Å². The van der Waals surface area contributed by atoms with Crippen LogP contribution in [0.25, 0.3) is 21.5 Å². The number of rotatable bonds is 12. The molecule has 54 heavy (non-hydrogen) atoms. The van der Waals surface area contributed by atoms with Crippen LogP contribution < -0.4 is 10.2 Å². The first-order valence-corrected chi connectivity index (χ1v) is 20.3. The van der Waals surface area contributed by atoms with E-state index in [9.17, 15) is 23.1 Å². The Morgan fingerprint density at radius 2 is 1.44 bits per heavy atom. The van der Waals surface area contributed by atoms with Crippen molar-refractivity contribution in [2.24, 2.45) is 0 Å². The normalized spacial score (nSPS) is 18.9. The van der Waals surface area contributed by atoms with Crippen molar-refractivity contribution in [1.29, 1.82) is 0 Å². The van der Waals surface area contributed by atoms with Crippen LogP contribution in [0.4, 0.5) is 11.4 Å². The predicted molar refractivity (Wildman–Crippen MR) is 210 cm³/mol. The summed E-state index contributed by atoms with van der Waals surface area (Å²) in [5.41, 5.74) is 2.09. The van der Waals surface area contributed by atoms with E-state index in [2.05, 4.69) is 6.92 Å². The van der Waals surface area contributed by atoms with E-state index in [0.29, 0.717) is 42.0 Å². The third-order valence-corrected chi connectivity index (χ3v) is 12.0. The maximum Gasteiger partial charge on any atom is 0.380 e. The summed E-state index contributed by atoms with van der Waals surface area (Å²) in [6.07, 6.45) is 6.89. The smallest absolute Gasteiger partial charge is 0.380 e. The van der Waals surface area contributed by atoms with Crippen molar-refractivity contribution in [3.05, 3.63) is 119 Å². The van der Waals surface area contributed by atoms with Gasteiger partial charge in [0.05, 0.1) is 34.5 Å². The van der Waals surface area contributed by atoms with E-state index in [1.54, 1.807) is 6.08 Å². The Kier molecular flexibility index (Phi) is 9.64. The van der Waals surface area contributed by atoms with Crippen molar-refractivity contribution in [1.82, 2.24) is 0 Å². The molecule has 280 valence electrons. The summed E-state index contributed by atoms with van der Waals surface area (Å²) in [5, 5.41) is 19.2. The molecule has 9 nitrogen and oxygen atoms in total. The zero-order valence-corrected chi connectivity index (χ0v) is 32.5. The van der Waals surface area contributed by atoms with Crippen LogP contribution in [0.2, 0.25) is 0 Å². The van der Waals surface area contributed by atoms with Gasteiger partial charge in [0.2, 0.25) is 5.71 Å². The molecule has 10 heteroatoms. The van der Waals surface area contributed by atoms with Gasteiger partial charge in [-0.3, -0.25) is 4.79 Å². The van der Waals surface area contributed by atoms with Crippen LogP contribution in [-0.2, 0) is 39.7 Å². The van der Waals surface area contributed by atoms with Crippen LogP contribution in [0.5, 0.6) is 0 Å². The van der Waals surface area contributed by atoms with Crippen LogP contribution in [0.3, 0.4) is 0 Å². The van der Waals surface area contributed by atoms with Crippen LogP contribution >= 0.6 is 0 Å². The van der Waals surface area contributed by atoms with E-state index in [-0.39, 0.29) is 23.3 Å². The summed E-state index contributed by atoms with van der Waals surface area (Å²) < 4.78 is 33.8. The van der Waals surface area contributed by atoms with Gasteiger partial charge in [0, 0.05) is 33.4 Å². The van der Waals surface area contributed by atoms with E-state index in [4.69, 9.17) is 9.12 Å². The number of allylic oxidation sites excluding steroid dienone is 5. The quantitative estimate of drug-likeness (QED) is 0.0616. The molecule has 0 N–H and O–H groups in total. The second kappa shape index (κ2) is 14.0. The maximum atomic E-state index is 14.1. The largest absolute Gasteiger partial charge is 0.871 e. The summed E-state index contributed by atoms with van der Waals surface area (Å²) in [6, 6.07) is 23.4. The minimum Gasteiger partial charge on any atom is -0.871 e. The topological polar surface area (TPSA) is 116 Å². The summed E-state index contributed by atoms with van der Waals surface area (Å²) in [4.78, 5) is 33.3. The number of fused-ring (bicyclic) bond motifs is 6. The lowest BCUT2D eigenvalue weighted by molar-refractivity contribution is -0.698. The molecule has 1 aliphatic carbocycles. The fourth-order valence-corrected chi connectivity index (χ4v) is 9.07. The first-order valence-electron chi connectivity index (χ1n) is 18.8. The number of ketones is 1. The van der Waals surface area contributed by atoms with E-state index in [1.165, 1.54) is 15.9 Å². The number of carbonyl (C=O) groups is 2. The van der Waals surface area contributed by atoms with Crippen LogP contribution in [-0.4, -0.2) is 36.4 Å². The molecule has 0 saturated carbocycles. The van der Waals surface area contributed by atoms with E-state index in [0.717, 1.165) is 45.5 Å². The highest BCUT2D eigenvalue weighted by Crippen LogP contribution is 2.52. The van der Waals surface area contributed by atoms with E-state index < -0.39 is 38.5 Å². The number of nitrogens with zero attached hydrogens (tertiary/aromatic N) is 2. The van der Waals surface area contributed by atoms with Crippen LogP contribution in [0.1, 0.15) is 91.2 Å². The van der Waals surface area contributed by atoms with Gasteiger partial charge in [0.15, 0.2) is 5.78 Å². The standard InChI is InChI=1S/C44H46N2O7S/c1-7-9-11-20-38(47)52-45-34-23-21-28-16-12-14-18-30(28)39(34)43(3,4)36(45)26-32-41(48)33(42(32)49)27-37-44(5,6)40-31-19-15-13-17-29(31)22-24-35(40)46(37)53-54(50,51)25-10-8-2/h12-19,21-24,26-27H,7-11,20,25H2,1-6H3. The van der Waals surface area contributed by atoms with Crippen LogP contribution in [0, 0.1) is 0 Å². The molecule has 0 unspecified atom stereocenters. The first kappa shape index (κ1) is 37.3.